The first-order valence-corrected chi connectivity index (χ1v) is 6.87. The molecule has 102 valence electrons. The van der Waals surface area contributed by atoms with E-state index < -0.39 is 0 Å². The van der Waals surface area contributed by atoms with Gasteiger partial charge in [0, 0.05) is 13.1 Å². The van der Waals surface area contributed by atoms with Crippen molar-refractivity contribution in [3.8, 4) is 0 Å². The molecule has 1 aromatic rings. The van der Waals surface area contributed by atoms with Crippen LogP contribution in [0.5, 0.6) is 0 Å². The first-order chi connectivity index (χ1) is 8.43. The van der Waals surface area contributed by atoms with Crippen LogP contribution in [-0.2, 0) is 6.42 Å². The van der Waals surface area contributed by atoms with Crippen LogP contribution in [0.3, 0.4) is 0 Å². The van der Waals surface area contributed by atoms with Crippen LogP contribution in [0.1, 0.15) is 31.4 Å². The number of hydrogen-bond acceptors (Lipinski definition) is 2. The van der Waals surface area contributed by atoms with Gasteiger partial charge >= 0.3 is 0 Å². The van der Waals surface area contributed by atoms with Crippen LogP contribution in [-0.4, -0.2) is 31.6 Å². The second-order valence-electron chi connectivity index (χ2n) is 6.18. The average molecular weight is 248 g/mol. The van der Waals surface area contributed by atoms with Gasteiger partial charge in [0.1, 0.15) is 0 Å². The van der Waals surface area contributed by atoms with E-state index in [-0.39, 0.29) is 0 Å². The SMILES string of the molecule is Cc1ccc(CCN(C)CC(C)(C)CCN)cc1. The van der Waals surface area contributed by atoms with Crippen LogP contribution in [0.25, 0.3) is 0 Å². The number of aryl methyl sites for hydroxylation is 1. The Balaban J connectivity index is 2.37. The van der Waals surface area contributed by atoms with Crippen molar-refractivity contribution in [1.82, 2.24) is 4.90 Å². The van der Waals surface area contributed by atoms with Gasteiger partial charge in [-0.2, -0.15) is 0 Å². The van der Waals surface area contributed by atoms with Gasteiger partial charge in [-0.25, -0.2) is 0 Å². The monoisotopic (exact) mass is 248 g/mol. The summed E-state index contributed by atoms with van der Waals surface area (Å²) in [5, 5.41) is 0. The molecule has 0 spiro atoms. The summed E-state index contributed by atoms with van der Waals surface area (Å²) >= 11 is 0. The third kappa shape index (κ3) is 5.65. The molecule has 0 aliphatic carbocycles. The summed E-state index contributed by atoms with van der Waals surface area (Å²) < 4.78 is 0. The van der Waals surface area contributed by atoms with Gasteiger partial charge < -0.3 is 10.6 Å². The van der Waals surface area contributed by atoms with Crippen LogP contribution < -0.4 is 5.73 Å². The Labute approximate surface area is 112 Å². The predicted molar refractivity (Wildman–Crippen MR) is 79.8 cm³/mol. The smallest absolute Gasteiger partial charge is 0.00302 e. The highest BCUT2D eigenvalue weighted by atomic mass is 15.1. The fourth-order valence-electron chi connectivity index (χ4n) is 2.35. The molecule has 0 bridgehead atoms. The Bertz CT molecular complexity index is 341. The molecule has 0 heterocycles. The molecule has 0 aliphatic heterocycles. The van der Waals surface area contributed by atoms with E-state index in [1.54, 1.807) is 0 Å². The molecule has 0 fully saturated rings. The Hall–Kier alpha value is -0.860. The Morgan fingerprint density at radius 2 is 1.78 bits per heavy atom. The Morgan fingerprint density at radius 1 is 1.17 bits per heavy atom. The highest BCUT2D eigenvalue weighted by Crippen LogP contribution is 2.20. The third-order valence-corrected chi connectivity index (χ3v) is 3.42. The van der Waals surface area contributed by atoms with Crippen molar-refractivity contribution in [2.24, 2.45) is 11.1 Å². The quantitative estimate of drug-likeness (QED) is 0.804. The lowest BCUT2D eigenvalue weighted by molar-refractivity contribution is 0.202. The highest BCUT2D eigenvalue weighted by Gasteiger charge is 2.18. The normalized spacial score (nSPS) is 12.1. The fraction of sp³-hybridized carbons (Fsp3) is 0.625. The van der Waals surface area contributed by atoms with Crippen LogP contribution in [0.2, 0.25) is 0 Å². The molecule has 0 unspecified atom stereocenters. The van der Waals surface area contributed by atoms with Gasteiger partial charge in [0.25, 0.3) is 0 Å². The Morgan fingerprint density at radius 3 is 2.33 bits per heavy atom. The van der Waals surface area contributed by atoms with Crippen LogP contribution in [0.15, 0.2) is 24.3 Å². The van der Waals surface area contributed by atoms with Crippen LogP contribution in [0.4, 0.5) is 0 Å². The summed E-state index contributed by atoms with van der Waals surface area (Å²) in [5.41, 5.74) is 8.72. The lowest BCUT2D eigenvalue weighted by atomic mass is 9.89. The van der Waals surface area contributed by atoms with Crippen molar-refractivity contribution in [3.05, 3.63) is 35.4 Å². The lowest BCUT2D eigenvalue weighted by Crippen LogP contribution is -2.34. The number of likely N-dealkylation sites (N-methyl/N-ethyl adjacent to an activating group) is 1. The van der Waals surface area contributed by atoms with Gasteiger partial charge in [-0.15, -0.1) is 0 Å². The lowest BCUT2D eigenvalue weighted by Gasteiger charge is -2.30. The average Bonchev–Trinajstić information content (AvgIpc) is 2.27. The van der Waals surface area contributed by atoms with Crippen molar-refractivity contribution in [1.29, 1.82) is 0 Å². The van der Waals surface area contributed by atoms with Crippen LogP contribution >= 0.6 is 0 Å². The molecular weight excluding hydrogens is 220 g/mol. The first-order valence-electron chi connectivity index (χ1n) is 6.87. The van der Waals surface area contributed by atoms with Gasteiger partial charge in [-0.1, -0.05) is 43.7 Å². The fourth-order valence-corrected chi connectivity index (χ4v) is 2.35. The largest absolute Gasteiger partial charge is 0.330 e. The summed E-state index contributed by atoms with van der Waals surface area (Å²) in [6.07, 6.45) is 2.21. The van der Waals surface area contributed by atoms with Crippen molar-refractivity contribution in [2.45, 2.75) is 33.6 Å². The molecule has 0 atom stereocenters. The summed E-state index contributed by atoms with van der Waals surface area (Å²) in [5.74, 6) is 0. The molecule has 0 saturated carbocycles. The molecule has 0 aliphatic rings. The van der Waals surface area contributed by atoms with E-state index in [2.05, 4.69) is 57.0 Å². The molecule has 1 rings (SSSR count). The first kappa shape index (κ1) is 15.2. The van der Waals surface area contributed by atoms with Crippen LogP contribution in [0, 0.1) is 12.3 Å². The maximum atomic E-state index is 5.65. The van der Waals surface area contributed by atoms with Crippen molar-refractivity contribution in [3.63, 3.8) is 0 Å². The molecule has 18 heavy (non-hydrogen) atoms. The molecule has 0 aromatic heterocycles. The maximum Gasteiger partial charge on any atom is 0.00302 e. The van der Waals surface area contributed by atoms with Gasteiger partial charge in [-0.3, -0.25) is 0 Å². The van der Waals surface area contributed by atoms with E-state index in [0.29, 0.717) is 5.41 Å². The van der Waals surface area contributed by atoms with Gasteiger partial charge in [-0.05, 0) is 44.3 Å². The Kier molecular flexibility index (Phi) is 5.83. The van der Waals surface area contributed by atoms with Crippen molar-refractivity contribution in [2.75, 3.05) is 26.7 Å². The number of benzene rings is 1. The van der Waals surface area contributed by atoms with Gasteiger partial charge in [0.2, 0.25) is 0 Å². The molecule has 0 radical (unpaired) electrons. The second-order valence-corrected chi connectivity index (χ2v) is 6.18. The number of hydrogen-bond donors (Lipinski definition) is 1. The maximum absolute atomic E-state index is 5.65. The van der Waals surface area contributed by atoms with E-state index in [1.807, 2.05) is 0 Å². The van der Waals surface area contributed by atoms with E-state index in [4.69, 9.17) is 5.73 Å². The van der Waals surface area contributed by atoms with E-state index in [1.165, 1.54) is 11.1 Å². The van der Waals surface area contributed by atoms with Crippen molar-refractivity contribution < 1.29 is 0 Å². The number of nitrogens with zero attached hydrogens (tertiary/aromatic N) is 1. The molecular formula is C16H28N2. The van der Waals surface area contributed by atoms with E-state index in [9.17, 15) is 0 Å². The zero-order valence-corrected chi connectivity index (χ0v) is 12.4. The predicted octanol–water partition coefficient (Wildman–Crippen LogP) is 2.84. The molecule has 2 nitrogen and oxygen atoms in total. The third-order valence-electron chi connectivity index (χ3n) is 3.42. The second kappa shape index (κ2) is 6.91. The zero-order chi connectivity index (χ0) is 13.6. The topological polar surface area (TPSA) is 29.3 Å². The molecule has 2 N–H and O–H groups in total. The number of rotatable bonds is 7. The summed E-state index contributed by atoms with van der Waals surface area (Å²) in [6.45, 7) is 9.71. The van der Waals surface area contributed by atoms with Crippen molar-refractivity contribution >= 4 is 0 Å². The number of nitrogens with two attached hydrogens (primary N) is 1. The van der Waals surface area contributed by atoms with Gasteiger partial charge in [0.05, 0.1) is 0 Å². The minimum absolute atomic E-state index is 0.316. The minimum atomic E-state index is 0.316. The van der Waals surface area contributed by atoms with Gasteiger partial charge in [0.15, 0.2) is 0 Å². The van der Waals surface area contributed by atoms with E-state index in [0.717, 1.165) is 32.5 Å². The summed E-state index contributed by atoms with van der Waals surface area (Å²) in [7, 11) is 2.20. The molecule has 1 aromatic carbocycles. The minimum Gasteiger partial charge on any atom is -0.330 e. The summed E-state index contributed by atoms with van der Waals surface area (Å²) in [4.78, 5) is 2.41. The summed E-state index contributed by atoms with van der Waals surface area (Å²) in [6, 6.07) is 8.84. The molecule has 0 amide bonds. The van der Waals surface area contributed by atoms with E-state index >= 15 is 0 Å². The molecule has 0 saturated heterocycles. The molecule has 2 heteroatoms. The zero-order valence-electron chi connectivity index (χ0n) is 12.4. The standard InChI is InChI=1S/C16H28N2/c1-14-5-7-15(8-6-14)9-12-18(4)13-16(2,3)10-11-17/h5-8H,9-13,17H2,1-4H3. The highest BCUT2D eigenvalue weighted by molar-refractivity contribution is 5.21.